The number of rotatable bonds is 5. The summed E-state index contributed by atoms with van der Waals surface area (Å²) in [5.74, 6) is 1.46. The molecule has 0 aromatic heterocycles. The Labute approximate surface area is 123 Å². The second kappa shape index (κ2) is 5.73. The summed E-state index contributed by atoms with van der Waals surface area (Å²) >= 11 is 6.07. The van der Waals surface area contributed by atoms with Gasteiger partial charge < -0.3 is 8.85 Å². The van der Waals surface area contributed by atoms with Crippen LogP contribution in [-0.4, -0.2) is 16.6 Å². The van der Waals surface area contributed by atoms with Crippen molar-refractivity contribution in [1.29, 1.82) is 0 Å². The second-order valence-electron chi connectivity index (χ2n) is 6.49. The van der Waals surface area contributed by atoms with Crippen LogP contribution in [0.25, 0.3) is 5.76 Å². The van der Waals surface area contributed by atoms with Crippen LogP contribution in [-0.2, 0) is 4.43 Å². The van der Waals surface area contributed by atoms with E-state index in [1.165, 1.54) is 0 Å². The van der Waals surface area contributed by atoms with Crippen molar-refractivity contribution in [3.63, 3.8) is 0 Å². The van der Waals surface area contributed by atoms with Crippen LogP contribution in [0.3, 0.4) is 0 Å². The van der Waals surface area contributed by atoms with Crippen LogP contribution >= 0.6 is 11.6 Å². The molecule has 19 heavy (non-hydrogen) atoms. The smallest absolute Gasteiger partial charge is 0.242 e. The summed E-state index contributed by atoms with van der Waals surface area (Å²) < 4.78 is 12.0. The van der Waals surface area contributed by atoms with Crippen LogP contribution < -0.4 is 4.43 Å². The molecule has 0 atom stereocenters. The first-order valence-electron chi connectivity index (χ1n) is 6.35. The predicted octanol–water partition coefficient (Wildman–Crippen LogP) is 5.38. The van der Waals surface area contributed by atoms with Gasteiger partial charge in [0.2, 0.25) is 16.6 Å². The van der Waals surface area contributed by atoms with Gasteiger partial charge in [0.25, 0.3) is 0 Å². The maximum Gasteiger partial charge on any atom is 0.242 e. The summed E-state index contributed by atoms with van der Waals surface area (Å²) in [6.45, 7) is 16.9. The van der Waals surface area contributed by atoms with Gasteiger partial charge in [0.15, 0.2) is 0 Å². The van der Waals surface area contributed by atoms with E-state index < -0.39 is 16.6 Å². The normalized spacial score (nSPS) is 12.2. The van der Waals surface area contributed by atoms with Gasteiger partial charge in [-0.25, -0.2) is 0 Å². The molecular weight excluding hydrogens is 292 g/mol. The van der Waals surface area contributed by atoms with E-state index in [2.05, 4.69) is 45.9 Å². The molecule has 1 aromatic carbocycles. The van der Waals surface area contributed by atoms with Gasteiger partial charge in [-0.3, -0.25) is 0 Å². The third kappa shape index (κ3) is 5.84. The molecule has 106 valence electrons. The average molecular weight is 315 g/mol. The van der Waals surface area contributed by atoms with Crippen LogP contribution in [0.15, 0.2) is 24.8 Å². The molecule has 0 saturated heterocycles. The highest BCUT2D eigenvalue weighted by Crippen LogP contribution is 2.32. The second-order valence-corrected chi connectivity index (χ2v) is 15.8. The molecule has 0 aliphatic rings. The molecule has 0 spiro atoms. The Morgan fingerprint density at radius 1 is 1.05 bits per heavy atom. The fourth-order valence-electron chi connectivity index (χ4n) is 1.56. The van der Waals surface area contributed by atoms with Gasteiger partial charge in [-0.05, 0) is 57.5 Å². The topological polar surface area (TPSA) is 18.5 Å². The molecule has 5 heteroatoms. The largest absolute Gasteiger partial charge is 0.544 e. The summed E-state index contributed by atoms with van der Waals surface area (Å²) in [6, 6.07) is 5.59. The van der Waals surface area contributed by atoms with Crippen molar-refractivity contribution in [2.75, 3.05) is 0 Å². The molecule has 1 aromatic rings. The molecule has 0 unspecified atom stereocenters. The third-order valence-electron chi connectivity index (χ3n) is 2.09. The van der Waals surface area contributed by atoms with Gasteiger partial charge in [-0.15, -0.1) is 0 Å². The van der Waals surface area contributed by atoms with E-state index in [1.54, 1.807) is 0 Å². The minimum absolute atomic E-state index is 0.648. The van der Waals surface area contributed by atoms with Gasteiger partial charge in [0, 0.05) is 5.02 Å². The fourth-order valence-corrected chi connectivity index (χ4v) is 3.42. The maximum absolute atomic E-state index is 6.08. The van der Waals surface area contributed by atoms with Gasteiger partial charge in [-0.2, -0.15) is 0 Å². The van der Waals surface area contributed by atoms with Crippen molar-refractivity contribution in [1.82, 2.24) is 0 Å². The van der Waals surface area contributed by atoms with Gasteiger partial charge in [0.1, 0.15) is 11.5 Å². The Morgan fingerprint density at radius 3 is 2.11 bits per heavy atom. The molecule has 0 radical (unpaired) electrons. The lowest BCUT2D eigenvalue weighted by Crippen LogP contribution is -2.30. The van der Waals surface area contributed by atoms with Crippen LogP contribution in [0.2, 0.25) is 44.3 Å². The third-order valence-corrected chi connectivity index (χ3v) is 4.01. The van der Waals surface area contributed by atoms with Crippen LogP contribution in [0.1, 0.15) is 5.56 Å². The highest BCUT2D eigenvalue weighted by molar-refractivity contribution is 6.71. The standard InChI is InChI=1S/C14H23ClO2Si2/c1-11(16-18(2,3)4)13-10-12(15)8-9-14(13)17-19(5,6)7/h8-10H,1H2,2-7H3. The molecule has 0 heterocycles. The van der Waals surface area contributed by atoms with Crippen molar-refractivity contribution < 1.29 is 8.85 Å². The van der Waals surface area contributed by atoms with Crippen molar-refractivity contribution >= 4 is 34.0 Å². The lowest BCUT2D eigenvalue weighted by atomic mass is 10.2. The Balaban J connectivity index is 3.10. The first-order chi connectivity index (χ1) is 8.48. The highest BCUT2D eigenvalue weighted by Gasteiger charge is 2.22. The van der Waals surface area contributed by atoms with E-state index in [1.807, 2.05) is 18.2 Å². The van der Waals surface area contributed by atoms with E-state index in [0.717, 1.165) is 11.3 Å². The number of halogens is 1. The van der Waals surface area contributed by atoms with Crippen molar-refractivity contribution in [2.24, 2.45) is 0 Å². The predicted molar refractivity (Wildman–Crippen MR) is 88.9 cm³/mol. The van der Waals surface area contributed by atoms with Crippen molar-refractivity contribution in [2.45, 2.75) is 39.3 Å². The summed E-state index contributed by atoms with van der Waals surface area (Å²) in [5.41, 5.74) is 0.859. The molecule has 0 N–H and O–H groups in total. The summed E-state index contributed by atoms with van der Waals surface area (Å²) in [4.78, 5) is 0. The maximum atomic E-state index is 6.08. The zero-order valence-corrected chi connectivity index (χ0v) is 15.4. The molecule has 0 fully saturated rings. The van der Waals surface area contributed by atoms with E-state index in [-0.39, 0.29) is 0 Å². The first kappa shape index (κ1) is 16.3. The lowest BCUT2D eigenvalue weighted by Gasteiger charge is -2.25. The van der Waals surface area contributed by atoms with Crippen molar-refractivity contribution in [3.8, 4) is 5.75 Å². The SMILES string of the molecule is C=C(O[Si](C)(C)C)c1cc(Cl)ccc1O[Si](C)(C)C. The zero-order valence-electron chi connectivity index (χ0n) is 12.6. The molecule has 0 amide bonds. The van der Waals surface area contributed by atoms with Gasteiger partial charge >= 0.3 is 0 Å². The minimum Gasteiger partial charge on any atom is -0.544 e. The van der Waals surface area contributed by atoms with E-state index in [0.29, 0.717) is 10.8 Å². The summed E-state index contributed by atoms with van der Waals surface area (Å²) in [7, 11) is -3.37. The minimum atomic E-state index is -1.69. The summed E-state index contributed by atoms with van der Waals surface area (Å²) in [6.07, 6.45) is 0. The number of benzene rings is 1. The Kier molecular flexibility index (Phi) is 4.93. The van der Waals surface area contributed by atoms with E-state index >= 15 is 0 Å². The van der Waals surface area contributed by atoms with Crippen molar-refractivity contribution in [3.05, 3.63) is 35.4 Å². The molecule has 0 saturated carbocycles. The Hall–Kier alpha value is -0.716. The zero-order chi connectivity index (χ0) is 14.8. The fraction of sp³-hybridized carbons (Fsp3) is 0.429. The first-order valence-corrected chi connectivity index (χ1v) is 13.5. The van der Waals surface area contributed by atoms with Crippen LogP contribution in [0.4, 0.5) is 0 Å². The van der Waals surface area contributed by atoms with E-state index in [4.69, 9.17) is 20.5 Å². The monoisotopic (exact) mass is 314 g/mol. The van der Waals surface area contributed by atoms with Crippen LogP contribution in [0, 0.1) is 0 Å². The molecule has 0 aliphatic heterocycles. The Morgan fingerprint density at radius 2 is 1.63 bits per heavy atom. The lowest BCUT2D eigenvalue weighted by molar-refractivity contribution is 0.504. The molecule has 1 rings (SSSR count). The van der Waals surface area contributed by atoms with Gasteiger partial charge in [-0.1, -0.05) is 18.2 Å². The molecule has 0 bridgehead atoms. The molecular formula is C14H23ClO2Si2. The van der Waals surface area contributed by atoms with E-state index in [9.17, 15) is 0 Å². The highest BCUT2D eigenvalue weighted by atomic mass is 35.5. The van der Waals surface area contributed by atoms with Crippen LogP contribution in [0.5, 0.6) is 5.75 Å². The number of hydrogen-bond donors (Lipinski definition) is 0. The Bertz CT molecular complexity index is 473. The molecule has 0 aliphatic carbocycles. The average Bonchev–Trinajstić information content (AvgIpc) is 2.16. The molecule has 2 nitrogen and oxygen atoms in total. The van der Waals surface area contributed by atoms with Gasteiger partial charge in [0.05, 0.1) is 5.56 Å². The number of hydrogen-bond acceptors (Lipinski definition) is 2. The quantitative estimate of drug-likeness (QED) is 0.537. The summed E-state index contributed by atoms with van der Waals surface area (Å²) in [5, 5.41) is 0.665.